The second kappa shape index (κ2) is 8.74. The quantitative estimate of drug-likeness (QED) is 0.619. The molecule has 0 saturated carbocycles. The number of ether oxygens (including phenoxy) is 1. The molecular weight excluding hydrogens is 395 g/mol. The first-order valence-electron chi connectivity index (χ1n) is 8.67. The molecule has 150 valence electrons. The van der Waals surface area contributed by atoms with Gasteiger partial charge in [0.1, 0.15) is 11.6 Å². The number of amides is 1. The van der Waals surface area contributed by atoms with Crippen LogP contribution in [0, 0.1) is 5.82 Å². The molecule has 8 heteroatoms. The molecule has 0 saturated heterocycles. The standard InChI is InChI=1S/C21H19FN2O4S/c1-28-19-10-12-20(13-11-19)29(26,27)24-18-8-4-16(5-9-18)21(25)23-14-15-2-6-17(22)7-3-15/h2-13,24H,14H2,1H3,(H,23,25). The third-order valence-electron chi connectivity index (χ3n) is 4.14. The van der Waals surface area contributed by atoms with E-state index in [4.69, 9.17) is 4.74 Å². The summed E-state index contributed by atoms with van der Waals surface area (Å²) in [4.78, 5) is 12.3. The topological polar surface area (TPSA) is 84.5 Å². The number of carbonyl (C=O) groups excluding carboxylic acids is 1. The molecular formula is C21H19FN2O4S. The van der Waals surface area contributed by atoms with E-state index in [1.54, 1.807) is 24.3 Å². The van der Waals surface area contributed by atoms with Crippen molar-refractivity contribution in [1.82, 2.24) is 5.32 Å². The van der Waals surface area contributed by atoms with Gasteiger partial charge in [-0.05, 0) is 66.2 Å². The number of sulfonamides is 1. The number of methoxy groups -OCH3 is 1. The Morgan fingerprint density at radius 3 is 2.14 bits per heavy atom. The Balaban J connectivity index is 1.62. The minimum Gasteiger partial charge on any atom is -0.497 e. The smallest absolute Gasteiger partial charge is 0.261 e. The van der Waals surface area contributed by atoms with Crippen molar-refractivity contribution < 1.29 is 22.3 Å². The van der Waals surface area contributed by atoms with Crippen molar-refractivity contribution in [3.63, 3.8) is 0 Å². The lowest BCUT2D eigenvalue weighted by Gasteiger charge is -2.10. The van der Waals surface area contributed by atoms with Gasteiger partial charge in [-0.15, -0.1) is 0 Å². The van der Waals surface area contributed by atoms with Crippen LogP contribution in [0.3, 0.4) is 0 Å². The van der Waals surface area contributed by atoms with Gasteiger partial charge >= 0.3 is 0 Å². The van der Waals surface area contributed by atoms with Gasteiger partial charge in [-0.25, -0.2) is 12.8 Å². The molecule has 0 aromatic heterocycles. The number of carbonyl (C=O) groups is 1. The number of halogens is 1. The van der Waals surface area contributed by atoms with Gasteiger partial charge in [-0.1, -0.05) is 12.1 Å². The normalized spacial score (nSPS) is 11.0. The van der Waals surface area contributed by atoms with E-state index in [-0.39, 0.29) is 23.2 Å². The molecule has 0 aliphatic carbocycles. The van der Waals surface area contributed by atoms with Crippen molar-refractivity contribution in [3.05, 3.63) is 89.7 Å². The Hall–Kier alpha value is -3.39. The minimum atomic E-state index is -3.76. The molecule has 0 aliphatic rings. The number of rotatable bonds is 7. The summed E-state index contributed by atoms with van der Waals surface area (Å²) in [6.45, 7) is 0.255. The second-order valence-corrected chi connectivity index (χ2v) is 7.85. The van der Waals surface area contributed by atoms with Crippen LogP contribution in [0.15, 0.2) is 77.7 Å². The summed E-state index contributed by atoms with van der Waals surface area (Å²) in [5, 5.41) is 2.73. The molecule has 0 radical (unpaired) electrons. The van der Waals surface area contributed by atoms with Gasteiger partial charge in [-0.3, -0.25) is 9.52 Å². The minimum absolute atomic E-state index is 0.0967. The fourth-order valence-electron chi connectivity index (χ4n) is 2.55. The van der Waals surface area contributed by atoms with Gasteiger partial charge in [-0.2, -0.15) is 0 Å². The fourth-order valence-corrected chi connectivity index (χ4v) is 3.60. The average Bonchev–Trinajstić information content (AvgIpc) is 2.73. The van der Waals surface area contributed by atoms with E-state index in [2.05, 4.69) is 10.0 Å². The van der Waals surface area contributed by atoms with Crippen LogP contribution in [-0.2, 0) is 16.6 Å². The highest BCUT2D eigenvalue weighted by Crippen LogP contribution is 2.19. The molecule has 3 aromatic rings. The van der Waals surface area contributed by atoms with Crippen LogP contribution in [0.5, 0.6) is 5.75 Å². The maximum atomic E-state index is 12.9. The highest BCUT2D eigenvalue weighted by Gasteiger charge is 2.14. The molecule has 0 aliphatic heterocycles. The Morgan fingerprint density at radius 1 is 0.931 bits per heavy atom. The van der Waals surface area contributed by atoms with Gasteiger partial charge in [0.2, 0.25) is 0 Å². The Labute approximate surface area is 168 Å². The molecule has 6 nitrogen and oxygen atoms in total. The zero-order chi connectivity index (χ0) is 20.9. The lowest BCUT2D eigenvalue weighted by atomic mass is 10.2. The number of hydrogen-bond donors (Lipinski definition) is 2. The van der Waals surface area contributed by atoms with Gasteiger partial charge in [0.25, 0.3) is 15.9 Å². The first-order chi connectivity index (χ1) is 13.9. The van der Waals surface area contributed by atoms with Crippen molar-refractivity contribution in [2.75, 3.05) is 11.8 Å². The predicted molar refractivity (Wildman–Crippen MR) is 108 cm³/mol. The van der Waals surface area contributed by atoms with E-state index in [0.29, 0.717) is 17.0 Å². The molecule has 1 amide bonds. The van der Waals surface area contributed by atoms with Crippen molar-refractivity contribution >= 4 is 21.6 Å². The highest BCUT2D eigenvalue weighted by atomic mass is 32.2. The molecule has 0 heterocycles. The van der Waals surface area contributed by atoms with Crippen LogP contribution in [0.4, 0.5) is 10.1 Å². The number of anilines is 1. The van der Waals surface area contributed by atoms with Crippen LogP contribution in [0.1, 0.15) is 15.9 Å². The molecule has 0 bridgehead atoms. The molecule has 0 fully saturated rings. The molecule has 0 spiro atoms. The third-order valence-corrected chi connectivity index (χ3v) is 5.53. The molecule has 2 N–H and O–H groups in total. The summed E-state index contributed by atoms with van der Waals surface area (Å²) >= 11 is 0. The lowest BCUT2D eigenvalue weighted by Crippen LogP contribution is -2.22. The van der Waals surface area contributed by atoms with E-state index >= 15 is 0 Å². The van der Waals surface area contributed by atoms with Gasteiger partial charge in [0.05, 0.1) is 12.0 Å². The average molecular weight is 414 g/mol. The van der Waals surface area contributed by atoms with E-state index in [1.165, 1.54) is 55.6 Å². The largest absolute Gasteiger partial charge is 0.497 e. The van der Waals surface area contributed by atoms with E-state index < -0.39 is 10.0 Å². The molecule has 0 unspecified atom stereocenters. The summed E-state index contributed by atoms with van der Waals surface area (Å²) in [5.74, 6) is -0.105. The second-order valence-electron chi connectivity index (χ2n) is 6.17. The van der Waals surface area contributed by atoms with Crippen molar-refractivity contribution in [3.8, 4) is 5.75 Å². The van der Waals surface area contributed by atoms with Crippen LogP contribution < -0.4 is 14.8 Å². The Bertz CT molecular complexity index is 1080. The van der Waals surface area contributed by atoms with E-state index in [9.17, 15) is 17.6 Å². The number of hydrogen-bond acceptors (Lipinski definition) is 4. The van der Waals surface area contributed by atoms with Crippen molar-refractivity contribution in [2.24, 2.45) is 0 Å². The number of nitrogens with one attached hydrogen (secondary N) is 2. The zero-order valence-corrected chi connectivity index (χ0v) is 16.4. The van der Waals surface area contributed by atoms with E-state index in [0.717, 1.165) is 5.56 Å². The summed E-state index contributed by atoms with van der Waals surface area (Å²) < 4.78 is 45.3. The lowest BCUT2D eigenvalue weighted by molar-refractivity contribution is 0.0951. The fraction of sp³-hybridized carbons (Fsp3) is 0.0952. The first kappa shape index (κ1) is 20.3. The van der Waals surface area contributed by atoms with E-state index in [1.807, 2.05) is 0 Å². The summed E-state index contributed by atoms with van der Waals surface area (Å²) in [5.41, 5.74) is 1.47. The zero-order valence-electron chi connectivity index (χ0n) is 15.6. The maximum Gasteiger partial charge on any atom is 0.261 e. The molecule has 3 aromatic carbocycles. The monoisotopic (exact) mass is 414 g/mol. The van der Waals surface area contributed by atoms with Gasteiger partial charge in [0, 0.05) is 17.8 Å². The first-order valence-corrected chi connectivity index (χ1v) is 10.2. The Kier molecular flexibility index (Phi) is 6.13. The summed E-state index contributed by atoms with van der Waals surface area (Å²) in [7, 11) is -2.26. The molecule has 3 rings (SSSR count). The summed E-state index contributed by atoms with van der Waals surface area (Å²) in [6.07, 6.45) is 0. The maximum absolute atomic E-state index is 12.9. The summed E-state index contributed by atoms with van der Waals surface area (Å²) in [6, 6.07) is 17.9. The molecule has 29 heavy (non-hydrogen) atoms. The van der Waals surface area contributed by atoms with Crippen LogP contribution in [-0.4, -0.2) is 21.4 Å². The van der Waals surface area contributed by atoms with Crippen molar-refractivity contribution in [2.45, 2.75) is 11.4 Å². The van der Waals surface area contributed by atoms with Gasteiger partial charge in [0.15, 0.2) is 0 Å². The number of benzene rings is 3. The highest BCUT2D eigenvalue weighted by molar-refractivity contribution is 7.92. The third kappa shape index (κ3) is 5.32. The molecule has 0 atom stereocenters. The Morgan fingerprint density at radius 2 is 1.55 bits per heavy atom. The van der Waals surface area contributed by atoms with Crippen molar-refractivity contribution in [1.29, 1.82) is 0 Å². The van der Waals surface area contributed by atoms with Crippen LogP contribution >= 0.6 is 0 Å². The van der Waals surface area contributed by atoms with Gasteiger partial charge < -0.3 is 10.1 Å². The SMILES string of the molecule is COc1ccc(S(=O)(=O)Nc2ccc(C(=O)NCc3ccc(F)cc3)cc2)cc1. The van der Waals surface area contributed by atoms with Crippen LogP contribution in [0.2, 0.25) is 0 Å². The van der Waals surface area contributed by atoms with Crippen LogP contribution in [0.25, 0.3) is 0 Å². The predicted octanol–water partition coefficient (Wildman–Crippen LogP) is 3.57.